The minimum Gasteiger partial charge on any atom is -0.398 e. The van der Waals surface area contributed by atoms with Crippen LogP contribution in [0.3, 0.4) is 0 Å². The second-order valence-corrected chi connectivity index (χ2v) is 5.42. The first-order valence-corrected chi connectivity index (χ1v) is 7.03. The van der Waals surface area contributed by atoms with Gasteiger partial charge in [0.25, 0.3) is 0 Å². The number of rotatable bonds is 2. The predicted octanol–water partition coefficient (Wildman–Crippen LogP) is 1.81. The van der Waals surface area contributed by atoms with E-state index in [-0.39, 0.29) is 11.6 Å². The van der Waals surface area contributed by atoms with Crippen LogP contribution in [-0.4, -0.2) is 37.9 Å². The first-order chi connectivity index (χ1) is 9.60. The van der Waals surface area contributed by atoms with E-state index in [1.165, 1.54) is 0 Å². The fourth-order valence-corrected chi connectivity index (χ4v) is 2.94. The van der Waals surface area contributed by atoms with E-state index in [2.05, 4.69) is 4.90 Å². The van der Waals surface area contributed by atoms with Crippen LogP contribution in [0.5, 0.6) is 0 Å². The Morgan fingerprint density at radius 3 is 2.50 bits per heavy atom. The molecular weight excluding hydrogens is 256 g/mol. The number of carbonyl (C=O) groups is 1. The van der Waals surface area contributed by atoms with Gasteiger partial charge in [0.15, 0.2) is 11.6 Å². The van der Waals surface area contributed by atoms with E-state index in [9.17, 15) is 4.79 Å². The molecule has 0 atom stereocenters. The molecule has 2 aliphatic rings. The number of nitrogens with two attached hydrogens (primary N) is 1. The van der Waals surface area contributed by atoms with Gasteiger partial charge in [-0.3, -0.25) is 4.79 Å². The summed E-state index contributed by atoms with van der Waals surface area (Å²) >= 11 is 0. The Kier molecular flexibility index (Phi) is 3.40. The van der Waals surface area contributed by atoms with Crippen LogP contribution >= 0.6 is 0 Å². The summed E-state index contributed by atoms with van der Waals surface area (Å²) in [6, 6.07) is 5.65. The number of Topliss-reactive ketones (excluding diaryl/α,β-unsaturated/α-hetero) is 1. The highest BCUT2D eigenvalue weighted by molar-refractivity contribution is 6.00. The number of nitrogen functional groups attached to an aromatic ring is 1. The standard InChI is InChI=1S/C15H20N2O3/c1-11(18)13-10-12(2-3-14(13)16)17-6-4-15(5-7-17)19-8-9-20-15/h2-3,10H,4-9,16H2,1H3. The Morgan fingerprint density at radius 1 is 1.25 bits per heavy atom. The predicted molar refractivity (Wildman–Crippen MR) is 76.9 cm³/mol. The lowest BCUT2D eigenvalue weighted by atomic mass is 10.0. The number of ketones is 1. The maximum Gasteiger partial charge on any atom is 0.171 e. The van der Waals surface area contributed by atoms with Crippen LogP contribution in [-0.2, 0) is 9.47 Å². The van der Waals surface area contributed by atoms with Gasteiger partial charge in [-0.25, -0.2) is 0 Å². The largest absolute Gasteiger partial charge is 0.398 e. The molecule has 0 radical (unpaired) electrons. The highest BCUT2D eigenvalue weighted by Crippen LogP contribution is 2.33. The highest BCUT2D eigenvalue weighted by atomic mass is 16.7. The minimum atomic E-state index is -0.367. The van der Waals surface area contributed by atoms with Crippen molar-refractivity contribution in [1.82, 2.24) is 0 Å². The van der Waals surface area contributed by atoms with Gasteiger partial charge in [-0.1, -0.05) is 0 Å². The number of benzene rings is 1. The van der Waals surface area contributed by atoms with Crippen molar-refractivity contribution in [3.63, 3.8) is 0 Å². The van der Waals surface area contributed by atoms with Crippen LogP contribution in [0.2, 0.25) is 0 Å². The van der Waals surface area contributed by atoms with Crippen LogP contribution in [0.25, 0.3) is 0 Å². The van der Waals surface area contributed by atoms with Crippen molar-refractivity contribution < 1.29 is 14.3 Å². The summed E-state index contributed by atoms with van der Waals surface area (Å²) in [5, 5.41) is 0. The number of anilines is 2. The molecule has 0 unspecified atom stereocenters. The molecule has 2 N–H and O–H groups in total. The topological polar surface area (TPSA) is 64.8 Å². The number of hydrogen-bond donors (Lipinski definition) is 1. The molecule has 2 heterocycles. The molecule has 2 fully saturated rings. The van der Waals surface area contributed by atoms with Gasteiger partial charge in [-0.15, -0.1) is 0 Å². The number of hydrogen-bond acceptors (Lipinski definition) is 5. The minimum absolute atomic E-state index is 0.000268. The lowest BCUT2D eigenvalue weighted by molar-refractivity contribution is -0.169. The average molecular weight is 276 g/mol. The maximum absolute atomic E-state index is 11.6. The Bertz CT molecular complexity index is 514. The van der Waals surface area contributed by atoms with Crippen LogP contribution < -0.4 is 10.6 Å². The smallest absolute Gasteiger partial charge is 0.171 e. The van der Waals surface area contributed by atoms with Crippen molar-refractivity contribution in [1.29, 1.82) is 0 Å². The Labute approximate surface area is 118 Å². The molecule has 0 bridgehead atoms. The van der Waals surface area contributed by atoms with Crippen molar-refractivity contribution in [2.24, 2.45) is 0 Å². The molecule has 2 saturated heterocycles. The molecule has 20 heavy (non-hydrogen) atoms. The van der Waals surface area contributed by atoms with Crippen LogP contribution in [0.15, 0.2) is 18.2 Å². The van der Waals surface area contributed by atoms with Crippen LogP contribution in [0.4, 0.5) is 11.4 Å². The SMILES string of the molecule is CC(=O)c1cc(N2CCC3(CC2)OCCO3)ccc1N. The van der Waals surface area contributed by atoms with E-state index in [4.69, 9.17) is 15.2 Å². The van der Waals surface area contributed by atoms with E-state index in [0.29, 0.717) is 24.5 Å². The fraction of sp³-hybridized carbons (Fsp3) is 0.533. The van der Waals surface area contributed by atoms with Crippen LogP contribution in [0, 0.1) is 0 Å². The molecule has 1 aromatic carbocycles. The molecule has 0 saturated carbocycles. The number of ether oxygens (including phenoxy) is 2. The molecule has 1 aromatic rings. The zero-order valence-electron chi connectivity index (χ0n) is 11.7. The van der Waals surface area contributed by atoms with Gasteiger partial charge in [-0.05, 0) is 25.1 Å². The number of carbonyl (C=O) groups excluding carboxylic acids is 1. The van der Waals surface area contributed by atoms with Gasteiger partial charge in [0.05, 0.1) is 13.2 Å². The van der Waals surface area contributed by atoms with E-state index < -0.39 is 0 Å². The second kappa shape index (κ2) is 5.07. The zero-order valence-corrected chi connectivity index (χ0v) is 11.7. The van der Waals surface area contributed by atoms with Gasteiger partial charge in [0.2, 0.25) is 0 Å². The molecule has 0 aliphatic carbocycles. The molecular formula is C15H20N2O3. The van der Waals surface area contributed by atoms with E-state index >= 15 is 0 Å². The average Bonchev–Trinajstić information content (AvgIpc) is 2.88. The Hall–Kier alpha value is -1.59. The summed E-state index contributed by atoms with van der Waals surface area (Å²) in [7, 11) is 0. The van der Waals surface area contributed by atoms with E-state index in [1.54, 1.807) is 13.0 Å². The second-order valence-electron chi connectivity index (χ2n) is 5.42. The number of nitrogens with zero attached hydrogens (tertiary/aromatic N) is 1. The van der Waals surface area contributed by atoms with Crippen molar-refractivity contribution in [2.75, 3.05) is 36.9 Å². The summed E-state index contributed by atoms with van der Waals surface area (Å²) in [5.41, 5.74) is 8.01. The fourth-order valence-electron chi connectivity index (χ4n) is 2.94. The lowest BCUT2D eigenvalue weighted by Gasteiger charge is -2.38. The summed E-state index contributed by atoms with van der Waals surface area (Å²) in [6.07, 6.45) is 1.71. The molecule has 2 aliphatic heterocycles. The Morgan fingerprint density at radius 2 is 1.90 bits per heavy atom. The molecule has 1 spiro atoms. The quantitative estimate of drug-likeness (QED) is 0.659. The van der Waals surface area contributed by atoms with Crippen molar-refractivity contribution in [3.05, 3.63) is 23.8 Å². The first kappa shape index (κ1) is 13.4. The molecule has 108 valence electrons. The first-order valence-electron chi connectivity index (χ1n) is 7.03. The van der Waals surface area contributed by atoms with E-state index in [1.807, 2.05) is 12.1 Å². The van der Waals surface area contributed by atoms with E-state index in [0.717, 1.165) is 31.6 Å². The lowest BCUT2D eigenvalue weighted by Crippen LogP contribution is -2.45. The summed E-state index contributed by atoms with van der Waals surface area (Å²) in [5.74, 6) is -0.367. The zero-order chi connectivity index (χ0) is 14.2. The summed E-state index contributed by atoms with van der Waals surface area (Å²) < 4.78 is 11.4. The summed E-state index contributed by atoms with van der Waals surface area (Å²) in [6.45, 7) is 4.65. The Balaban J connectivity index is 1.75. The van der Waals surface area contributed by atoms with Crippen LogP contribution in [0.1, 0.15) is 30.1 Å². The molecule has 3 rings (SSSR count). The van der Waals surface area contributed by atoms with Crippen molar-refractivity contribution in [2.45, 2.75) is 25.6 Å². The van der Waals surface area contributed by atoms with Gasteiger partial charge >= 0.3 is 0 Å². The third kappa shape index (κ3) is 2.39. The van der Waals surface area contributed by atoms with Crippen molar-refractivity contribution >= 4 is 17.2 Å². The molecule has 5 heteroatoms. The third-order valence-corrected chi connectivity index (χ3v) is 4.12. The monoisotopic (exact) mass is 276 g/mol. The molecule has 0 aromatic heterocycles. The number of piperidine rings is 1. The molecule has 5 nitrogen and oxygen atoms in total. The molecule has 0 amide bonds. The summed E-state index contributed by atoms with van der Waals surface area (Å²) in [4.78, 5) is 13.8. The van der Waals surface area contributed by atoms with Gasteiger partial charge < -0.3 is 20.1 Å². The van der Waals surface area contributed by atoms with Crippen molar-refractivity contribution in [3.8, 4) is 0 Å². The third-order valence-electron chi connectivity index (χ3n) is 4.12. The van der Waals surface area contributed by atoms with Gasteiger partial charge in [0.1, 0.15) is 0 Å². The van der Waals surface area contributed by atoms with Gasteiger partial charge in [-0.2, -0.15) is 0 Å². The highest BCUT2D eigenvalue weighted by Gasteiger charge is 2.39. The maximum atomic E-state index is 11.6. The van der Waals surface area contributed by atoms with Gasteiger partial charge in [0, 0.05) is 42.9 Å². The normalized spacial score (nSPS) is 21.4.